The molecule has 2 rings (SSSR count). The normalized spacial score (nSPS) is 12.5. The summed E-state index contributed by atoms with van der Waals surface area (Å²) in [6, 6.07) is 3.89. The Morgan fingerprint density at radius 3 is 2.67 bits per heavy atom. The standard InChI is InChI=1S/C15H21ClN4O/c1-9(17)7-13-14(6-5-10(2)18-13)21-8-12-11(3)19-20(4)15(12)16/h5-6,9H,7-8,17H2,1-4H3. The number of pyridine rings is 1. The number of halogens is 1. The molecule has 0 aromatic carbocycles. The molecule has 0 saturated heterocycles. The van der Waals surface area contributed by atoms with Gasteiger partial charge in [-0.1, -0.05) is 11.6 Å². The molecule has 1 unspecified atom stereocenters. The molecule has 0 bridgehead atoms. The second-order valence-electron chi connectivity index (χ2n) is 5.35. The number of nitrogens with zero attached hydrogens (tertiary/aromatic N) is 3. The lowest BCUT2D eigenvalue weighted by atomic mass is 10.1. The zero-order valence-electron chi connectivity index (χ0n) is 12.9. The van der Waals surface area contributed by atoms with Gasteiger partial charge in [0, 0.05) is 30.8 Å². The SMILES string of the molecule is Cc1ccc(OCc2c(C)nn(C)c2Cl)c(CC(C)N)n1. The van der Waals surface area contributed by atoms with E-state index in [0.717, 1.165) is 28.4 Å². The van der Waals surface area contributed by atoms with Gasteiger partial charge in [-0.3, -0.25) is 9.67 Å². The summed E-state index contributed by atoms with van der Waals surface area (Å²) in [6.45, 7) is 6.20. The molecule has 0 amide bonds. The van der Waals surface area contributed by atoms with Crippen molar-refractivity contribution in [3.63, 3.8) is 0 Å². The molecule has 5 nitrogen and oxygen atoms in total. The van der Waals surface area contributed by atoms with Crippen LogP contribution in [-0.2, 0) is 20.1 Å². The van der Waals surface area contributed by atoms with Crippen LogP contribution in [-0.4, -0.2) is 20.8 Å². The first-order chi connectivity index (χ1) is 9.88. The number of hydrogen-bond acceptors (Lipinski definition) is 4. The Morgan fingerprint density at radius 1 is 1.38 bits per heavy atom. The highest BCUT2D eigenvalue weighted by atomic mass is 35.5. The quantitative estimate of drug-likeness (QED) is 0.922. The minimum atomic E-state index is 0.0327. The van der Waals surface area contributed by atoms with Gasteiger partial charge in [0.1, 0.15) is 17.5 Å². The predicted octanol–water partition coefficient (Wildman–Crippen LogP) is 2.55. The maximum atomic E-state index is 6.21. The fraction of sp³-hybridized carbons (Fsp3) is 0.467. The highest BCUT2D eigenvalue weighted by molar-refractivity contribution is 6.30. The monoisotopic (exact) mass is 308 g/mol. The lowest BCUT2D eigenvalue weighted by Gasteiger charge is -2.13. The summed E-state index contributed by atoms with van der Waals surface area (Å²) in [5.74, 6) is 0.747. The van der Waals surface area contributed by atoms with Gasteiger partial charge in [0.05, 0.1) is 11.4 Å². The van der Waals surface area contributed by atoms with Gasteiger partial charge in [0.2, 0.25) is 0 Å². The minimum Gasteiger partial charge on any atom is -0.487 e. The molecule has 6 heteroatoms. The van der Waals surface area contributed by atoms with Crippen LogP contribution in [0.1, 0.15) is 29.6 Å². The molecule has 0 aliphatic heterocycles. The van der Waals surface area contributed by atoms with Crippen molar-refractivity contribution in [1.29, 1.82) is 0 Å². The van der Waals surface area contributed by atoms with E-state index in [0.29, 0.717) is 18.2 Å². The van der Waals surface area contributed by atoms with Gasteiger partial charge in [-0.25, -0.2) is 0 Å². The van der Waals surface area contributed by atoms with Crippen LogP contribution in [0.4, 0.5) is 0 Å². The second-order valence-corrected chi connectivity index (χ2v) is 5.70. The molecule has 2 aromatic heterocycles. The summed E-state index contributed by atoms with van der Waals surface area (Å²) in [7, 11) is 1.81. The summed E-state index contributed by atoms with van der Waals surface area (Å²) < 4.78 is 7.54. The molecule has 114 valence electrons. The number of hydrogen-bond donors (Lipinski definition) is 1. The van der Waals surface area contributed by atoms with Gasteiger partial charge >= 0.3 is 0 Å². The van der Waals surface area contributed by atoms with Crippen molar-refractivity contribution in [3.8, 4) is 5.75 Å². The molecule has 21 heavy (non-hydrogen) atoms. The van der Waals surface area contributed by atoms with Crippen molar-refractivity contribution in [1.82, 2.24) is 14.8 Å². The molecule has 2 aromatic rings. The lowest BCUT2D eigenvalue weighted by Crippen LogP contribution is -2.19. The molecule has 0 fully saturated rings. The third kappa shape index (κ3) is 3.74. The predicted molar refractivity (Wildman–Crippen MR) is 83.6 cm³/mol. The van der Waals surface area contributed by atoms with Crippen LogP contribution in [0.2, 0.25) is 5.15 Å². The van der Waals surface area contributed by atoms with E-state index in [1.807, 2.05) is 40.0 Å². The Morgan fingerprint density at radius 2 is 2.10 bits per heavy atom. The number of aryl methyl sites for hydroxylation is 3. The van der Waals surface area contributed by atoms with Crippen LogP contribution < -0.4 is 10.5 Å². The van der Waals surface area contributed by atoms with Crippen molar-refractivity contribution in [2.45, 2.75) is 39.8 Å². The van der Waals surface area contributed by atoms with Gasteiger partial charge in [-0.05, 0) is 32.9 Å². The highest BCUT2D eigenvalue weighted by Crippen LogP contribution is 2.23. The Hall–Kier alpha value is -1.59. The van der Waals surface area contributed by atoms with Crippen LogP contribution in [0.3, 0.4) is 0 Å². The van der Waals surface area contributed by atoms with Crippen LogP contribution in [0, 0.1) is 13.8 Å². The minimum absolute atomic E-state index is 0.0327. The second kappa shape index (κ2) is 6.45. The molecule has 1 atom stereocenters. The lowest BCUT2D eigenvalue weighted by molar-refractivity contribution is 0.299. The van der Waals surface area contributed by atoms with Crippen molar-refractivity contribution in [3.05, 3.63) is 39.9 Å². The summed E-state index contributed by atoms with van der Waals surface area (Å²) in [5, 5.41) is 4.88. The third-order valence-corrected chi connectivity index (χ3v) is 3.70. The molecule has 2 heterocycles. The van der Waals surface area contributed by atoms with E-state index in [1.54, 1.807) is 4.68 Å². The number of rotatable bonds is 5. The Balaban J connectivity index is 2.19. The van der Waals surface area contributed by atoms with E-state index < -0.39 is 0 Å². The van der Waals surface area contributed by atoms with Gasteiger partial charge in [-0.2, -0.15) is 5.10 Å². The largest absolute Gasteiger partial charge is 0.487 e. The number of nitrogens with two attached hydrogens (primary N) is 1. The summed E-state index contributed by atoms with van der Waals surface area (Å²) in [5.41, 5.74) is 9.47. The maximum absolute atomic E-state index is 6.21. The van der Waals surface area contributed by atoms with Crippen molar-refractivity contribution < 1.29 is 4.74 Å². The molecular formula is C15H21ClN4O. The van der Waals surface area contributed by atoms with Crippen molar-refractivity contribution >= 4 is 11.6 Å². The smallest absolute Gasteiger partial charge is 0.141 e. The van der Waals surface area contributed by atoms with Gasteiger partial charge < -0.3 is 10.5 Å². The van der Waals surface area contributed by atoms with Gasteiger partial charge in [-0.15, -0.1) is 0 Å². The molecule has 0 saturated carbocycles. The number of ether oxygens (including phenoxy) is 1. The first kappa shape index (κ1) is 15.8. The Labute approximate surface area is 130 Å². The van der Waals surface area contributed by atoms with E-state index in [-0.39, 0.29) is 6.04 Å². The first-order valence-corrected chi connectivity index (χ1v) is 7.29. The molecule has 0 radical (unpaired) electrons. The Bertz CT molecular complexity index is 637. The zero-order valence-corrected chi connectivity index (χ0v) is 13.6. The molecule has 0 aliphatic rings. The summed E-state index contributed by atoms with van der Waals surface area (Å²) >= 11 is 6.21. The fourth-order valence-electron chi connectivity index (χ4n) is 2.17. The topological polar surface area (TPSA) is 66.0 Å². The van der Waals surface area contributed by atoms with Gasteiger partial charge in [0.15, 0.2) is 0 Å². The van der Waals surface area contributed by atoms with Crippen LogP contribution in [0.15, 0.2) is 12.1 Å². The van der Waals surface area contributed by atoms with E-state index in [4.69, 9.17) is 22.1 Å². The fourth-order valence-corrected chi connectivity index (χ4v) is 2.40. The van der Waals surface area contributed by atoms with Crippen molar-refractivity contribution in [2.75, 3.05) is 0 Å². The average Bonchev–Trinajstić information content (AvgIpc) is 2.62. The van der Waals surface area contributed by atoms with E-state index in [9.17, 15) is 0 Å². The zero-order chi connectivity index (χ0) is 15.6. The van der Waals surface area contributed by atoms with Gasteiger partial charge in [0.25, 0.3) is 0 Å². The maximum Gasteiger partial charge on any atom is 0.141 e. The Kier molecular flexibility index (Phi) is 4.85. The molecule has 2 N–H and O–H groups in total. The number of aromatic nitrogens is 3. The van der Waals surface area contributed by atoms with E-state index in [2.05, 4.69) is 10.1 Å². The summed E-state index contributed by atoms with van der Waals surface area (Å²) in [6.07, 6.45) is 0.677. The first-order valence-electron chi connectivity index (χ1n) is 6.91. The van der Waals surface area contributed by atoms with Crippen LogP contribution >= 0.6 is 11.6 Å². The molecule has 0 aliphatic carbocycles. The van der Waals surface area contributed by atoms with Crippen LogP contribution in [0.5, 0.6) is 5.75 Å². The molecule has 0 spiro atoms. The van der Waals surface area contributed by atoms with Crippen LogP contribution in [0.25, 0.3) is 0 Å². The van der Waals surface area contributed by atoms with E-state index >= 15 is 0 Å². The molecular weight excluding hydrogens is 288 g/mol. The highest BCUT2D eigenvalue weighted by Gasteiger charge is 2.14. The third-order valence-electron chi connectivity index (χ3n) is 3.23. The van der Waals surface area contributed by atoms with Crippen molar-refractivity contribution in [2.24, 2.45) is 12.8 Å². The summed E-state index contributed by atoms with van der Waals surface area (Å²) in [4.78, 5) is 4.52. The average molecular weight is 309 g/mol. The van der Waals surface area contributed by atoms with E-state index in [1.165, 1.54) is 0 Å².